The summed E-state index contributed by atoms with van der Waals surface area (Å²) in [5.41, 5.74) is 1.04. The molecule has 26 heavy (non-hydrogen) atoms. The average Bonchev–Trinajstić information content (AvgIpc) is 2.64. The Morgan fingerprint density at radius 1 is 1.12 bits per heavy atom. The number of benzene rings is 2. The summed E-state index contributed by atoms with van der Waals surface area (Å²) in [4.78, 5) is 25.8. The number of carbonyl (C=O) groups is 2. The maximum absolute atomic E-state index is 12.3. The fraction of sp³-hybridized carbons (Fsp3) is 0.263. The predicted molar refractivity (Wildman–Crippen MR) is 101 cm³/mol. The summed E-state index contributed by atoms with van der Waals surface area (Å²) >= 11 is 6.04. The van der Waals surface area contributed by atoms with Crippen molar-refractivity contribution in [2.24, 2.45) is 0 Å². The van der Waals surface area contributed by atoms with Gasteiger partial charge >= 0.3 is 0 Å². The van der Waals surface area contributed by atoms with Crippen LogP contribution in [0.2, 0.25) is 5.02 Å². The lowest BCUT2D eigenvalue weighted by Crippen LogP contribution is -2.37. The molecule has 0 aliphatic carbocycles. The third-order valence-corrected chi connectivity index (χ3v) is 4.00. The van der Waals surface area contributed by atoms with E-state index >= 15 is 0 Å². The van der Waals surface area contributed by atoms with E-state index < -0.39 is 0 Å². The van der Waals surface area contributed by atoms with Crippen molar-refractivity contribution < 1.29 is 19.1 Å². The predicted octanol–water partition coefficient (Wildman–Crippen LogP) is 3.14. The molecule has 0 bridgehead atoms. The molecule has 0 aromatic heterocycles. The smallest absolute Gasteiger partial charge is 0.251 e. The standard InChI is InChI=1S/C19H21ClN2O4/c1-13(23)22(17-12-15(20)7-8-18(17)26-3)10-9-21-19(24)14-5-4-6-16(11-14)25-2/h4-8,11-12H,9-10H2,1-3H3,(H,21,24). The normalized spacial score (nSPS) is 10.2. The summed E-state index contributed by atoms with van der Waals surface area (Å²) < 4.78 is 10.4. The highest BCUT2D eigenvalue weighted by Gasteiger charge is 2.17. The van der Waals surface area contributed by atoms with Crippen LogP contribution in [-0.4, -0.2) is 39.1 Å². The minimum Gasteiger partial charge on any atom is -0.497 e. The van der Waals surface area contributed by atoms with E-state index in [1.807, 2.05) is 0 Å². The van der Waals surface area contributed by atoms with E-state index in [4.69, 9.17) is 21.1 Å². The minimum absolute atomic E-state index is 0.179. The molecule has 138 valence electrons. The maximum atomic E-state index is 12.3. The topological polar surface area (TPSA) is 67.9 Å². The van der Waals surface area contributed by atoms with Gasteiger partial charge in [-0.15, -0.1) is 0 Å². The fourth-order valence-electron chi connectivity index (χ4n) is 2.47. The quantitative estimate of drug-likeness (QED) is 0.806. The van der Waals surface area contributed by atoms with Crippen LogP contribution in [0.5, 0.6) is 11.5 Å². The fourth-order valence-corrected chi connectivity index (χ4v) is 2.64. The van der Waals surface area contributed by atoms with Crippen molar-refractivity contribution in [2.45, 2.75) is 6.92 Å². The van der Waals surface area contributed by atoms with Gasteiger partial charge in [0.1, 0.15) is 11.5 Å². The van der Waals surface area contributed by atoms with Crippen LogP contribution in [0.25, 0.3) is 0 Å². The molecular formula is C19H21ClN2O4. The van der Waals surface area contributed by atoms with Crippen LogP contribution in [0.3, 0.4) is 0 Å². The highest BCUT2D eigenvalue weighted by molar-refractivity contribution is 6.31. The minimum atomic E-state index is -0.245. The second kappa shape index (κ2) is 9.10. The largest absolute Gasteiger partial charge is 0.497 e. The van der Waals surface area contributed by atoms with Gasteiger partial charge in [-0.1, -0.05) is 17.7 Å². The Labute approximate surface area is 157 Å². The Morgan fingerprint density at radius 3 is 2.54 bits per heavy atom. The van der Waals surface area contributed by atoms with E-state index in [1.165, 1.54) is 18.9 Å². The van der Waals surface area contributed by atoms with Crippen LogP contribution in [0.1, 0.15) is 17.3 Å². The van der Waals surface area contributed by atoms with Gasteiger partial charge in [0, 0.05) is 30.6 Å². The molecule has 0 heterocycles. The van der Waals surface area contributed by atoms with E-state index in [2.05, 4.69) is 5.32 Å². The molecule has 0 aliphatic heterocycles. The number of anilines is 1. The second-order valence-corrected chi connectivity index (χ2v) is 5.91. The average molecular weight is 377 g/mol. The molecule has 0 atom stereocenters. The maximum Gasteiger partial charge on any atom is 0.251 e. The number of carbonyl (C=O) groups excluding carboxylic acids is 2. The SMILES string of the molecule is COc1cccc(C(=O)NCCN(C(C)=O)c2cc(Cl)ccc2OC)c1. The number of amides is 2. The van der Waals surface area contributed by atoms with Gasteiger partial charge in [-0.25, -0.2) is 0 Å². The summed E-state index contributed by atoms with van der Waals surface area (Å²) in [6, 6.07) is 11.9. The zero-order chi connectivity index (χ0) is 19.1. The van der Waals surface area contributed by atoms with Crippen LogP contribution >= 0.6 is 11.6 Å². The Hall–Kier alpha value is -2.73. The number of halogens is 1. The highest BCUT2D eigenvalue weighted by Crippen LogP contribution is 2.31. The highest BCUT2D eigenvalue weighted by atomic mass is 35.5. The Balaban J connectivity index is 2.06. The first-order chi connectivity index (χ1) is 12.5. The number of nitrogens with zero attached hydrogens (tertiary/aromatic N) is 1. The molecule has 1 N–H and O–H groups in total. The monoisotopic (exact) mass is 376 g/mol. The molecule has 0 spiro atoms. The summed E-state index contributed by atoms with van der Waals surface area (Å²) in [6.45, 7) is 2.00. The van der Waals surface area contributed by atoms with Gasteiger partial charge in [0.05, 0.1) is 19.9 Å². The van der Waals surface area contributed by atoms with E-state index in [1.54, 1.807) is 49.6 Å². The zero-order valence-electron chi connectivity index (χ0n) is 14.9. The van der Waals surface area contributed by atoms with E-state index in [-0.39, 0.29) is 24.9 Å². The van der Waals surface area contributed by atoms with Crippen LogP contribution in [-0.2, 0) is 4.79 Å². The van der Waals surface area contributed by atoms with E-state index in [0.29, 0.717) is 27.8 Å². The zero-order valence-corrected chi connectivity index (χ0v) is 15.7. The van der Waals surface area contributed by atoms with Crippen molar-refractivity contribution in [1.29, 1.82) is 0 Å². The number of hydrogen-bond donors (Lipinski definition) is 1. The van der Waals surface area contributed by atoms with Crippen LogP contribution < -0.4 is 19.7 Å². The van der Waals surface area contributed by atoms with Gasteiger partial charge in [-0.3, -0.25) is 9.59 Å². The van der Waals surface area contributed by atoms with Crippen molar-refractivity contribution in [3.05, 3.63) is 53.1 Å². The third kappa shape index (κ3) is 4.89. The molecule has 0 aliphatic rings. The molecule has 2 rings (SSSR count). The van der Waals surface area contributed by atoms with Crippen molar-refractivity contribution in [3.63, 3.8) is 0 Å². The first-order valence-electron chi connectivity index (χ1n) is 8.00. The van der Waals surface area contributed by atoms with Gasteiger partial charge in [0.25, 0.3) is 5.91 Å². The molecule has 7 heteroatoms. The van der Waals surface area contributed by atoms with Gasteiger partial charge < -0.3 is 19.7 Å². The van der Waals surface area contributed by atoms with E-state index in [0.717, 1.165) is 0 Å². The van der Waals surface area contributed by atoms with Crippen molar-refractivity contribution in [2.75, 3.05) is 32.2 Å². The van der Waals surface area contributed by atoms with Gasteiger partial charge in [0.2, 0.25) is 5.91 Å². The van der Waals surface area contributed by atoms with Crippen LogP contribution in [0.15, 0.2) is 42.5 Å². The van der Waals surface area contributed by atoms with E-state index in [9.17, 15) is 9.59 Å². The molecule has 0 radical (unpaired) electrons. The number of hydrogen-bond acceptors (Lipinski definition) is 4. The van der Waals surface area contributed by atoms with Crippen molar-refractivity contribution >= 4 is 29.1 Å². The van der Waals surface area contributed by atoms with Crippen molar-refractivity contribution in [1.82, 2.24) is 5.32 Å². The molecule has 6 nitrogen and oxygen atoms in total. The third-order valence-electron chi connectivity index (χ3n) is 3.76. The second-order valence-electron chi connectivity index (χ2n) is 5.47. The van der Waals surface area contributed by atoms with Gasteiger partial charge in [-0.2, -0.15) is 0 Å². The summed E-state index contributed by atoms with van der Waals surface area (Å²) in [5.74, 6) is 0.710. The Bertz CT molecular complexity index is 795. The van der Waals surface area contributed by atoms with Crippen LogP contribution in [0.4, 0.5) is 5.69 Å². The lowest BCUT2D eigenvalue weighted by Gasteiger charge is -2.23. The first kappa shape index (κ1) is 19.6. The number of rotatable bonds is 7. The molecule has 2 aromatic rings. The summed E-state index contributed by atoms with van der Waals surface area (Å²) in [6.07, 6.45) is 0. The molecule has 0 unspecified atom stereocenters. The lowest BCUT2D eigenvalue weighted by molar-refractivity contribution is -0.116. The molecule has 0 saturated carbocycles. The van der Waals surface area contributed by atoms with Crippen molar-refractivity contribution in [3.8, 4) is 11.5 Å². The Morgan fingerprint density at radius 2 is 1.88 bits per heavy atom. The number of ether oxygens (including phenoxy) is 2. The van der Waals surface area contributed by atoms with Gasteiger partial charge in [-0.05, 0) is 36.4 Å². The molecular weight excluding hydrogens is 356 g/mol. The number of methoxy groups -OCH3 is 2. The molecule has 2 aromatic carbocycles. The summed E-state index contributed by atoms with van der Waals surface area (Å²) in [7, 11) is 3.07. The summed E-state index contributed by atoms with van der Waals surface area (Å²) in [5, 5.41) is 3.29. The first-order valence-corrected chi connectivity index (χ1v) is 8.38. The Kier molecular flexibility index (Phi) is 6.86. The van der Waals surface area contributed by atoms with Gasteiger partial charge in [0.15, 0.2) is 0 Å². The molecule has 2 amide bonds. The molecule has 0 saturated heterocycles. The van der Waals surface area contributed by atoms with Crippen LogP contribution in [0, 0.1) is 0 Å². The lowest BCUT2D eigenvalue weighted by atomic mass is 10.2. The molecule has 0 fully saturated rings. The number of nitrogens with one attached hydrogen (secondary N) is 1.